The average Bonchev–Trinajstić information content (AvgIpc) is 3.27. The van der Waals surface area contributed by atoms with Crippen molar-refractivity contribution in [2.24, 2.45) is 5.41 Å². The summed E-state index contributed by atoms with van der Waals surface area (Å²) in [5, 5.41) is 1.97. The molecule has 24 heavy (non-hydrogen) atoms. The lowest BCUT2D eigenvalue weighted by atomic mass is 9.78. The van der Waals surface area contributed by atoms with Crippen LogP contribution in [0.2, 0.25) is 0 Å². The molecule has 1 amide bonds. The second-order valence-electron chi connectivity index (χ2n) is 7.00. The van der Waals surface area contributed by atoms with Crippen LogP contribution in [0.4, 0.5) is 5.95 Å². The first-order valence-corrected chi connectivity index (χ1v) is 9.40. The second kappa shape index (κ2) is 6.16. The van der Waals surface area contributed by atoms with Crippen LogP contribution in [0.1, 0.15) is 34.5 Å². The first kappa shape index (κ1) is 15.6. The van der Waals surface area contributed by atoms with Gasteiger partial charge in [0, 0.05) is 38.6 Å². The molecule has 0 atom stereocenters. The van der Waals surface area contributed by atoms with Gasteiger partial charge in [-0.15, -0.1) is 11.3 Å². The fourth-order valence-corrected chi connectivity index (χ4v) is 4.49. The van der Waals surface area contributed by atoms with Crippen molar-refractivity contribution in [3.05, 3.63) is 40.3 Å². The number of likely N-dealkylation sites (tertiary alicyclic amines) is 1. The predicted octanol–water partition coefficient (Wildman–Crippen LogP) is 2.98. The molecule has 0 radical (unpaired) electrons. The van der Waals surface area contributed by atoms with Crippen molar-refractivity contribution in [2.45, 2.75) is 26.2 Å². The van der Waals surface area contributed by atoms with E-state index in [9.17, 15) is 4.79 Å². The lowest BCUT2D eigenvalue weighted by Gasteiger charge is -2.39. The maximum Gasteiger partial charge on any atom is 0.263 e. The first-order chi connectivity index (χ1) is 11.7. The highest BCUT2D eigenvalue weighted by atomic mass is 32.1. The monoisotopic (exact) mass is 342 g/mol. The van der Waals surface area contributed by atoms with E-state index in [0.29, 0.717) is 0 Å². The Labute approximate surface area is 146 Å². The molecule has 2 aromatic rings. The molecule has 2 aliphatic rings. The Morgan fingerprint density at radius 1 is 1.17 bits per heavy atom. The Hall–Kier alpha value is -1.95. The Morgan fingerprint density at radius 3 is 2.54 bits per heavy atom. The number of rotatable bonds is 2. The van der Waals surface area contributed by atoms with Gasteiger partial charge in [0.1, 0.15) is 0 Å². The molecule has 2 aliphatic heterocycles. The van der Waals surface area contributed by atoms with Gasteiger partial charge in [0.15, 0.2) is 0 Å². The van der Waals surface area contributed by atoms with E-state index in [2.05, 4.69) is 14.9 Å². The van der Waals surface area contributed by atoms with Crippen LogP contribution in [0.15, 0.2) is 29.9 Å². The molecule has 0 N–H and O–H groups in total. The number of hydrogen-bond donors (Lipinski definition) is 0. The van der Waals surface area contributed by atoms with Gasteiger partial charge in [-0.1, -0.05) is 6.07 Å². The summed E-state index contributed by atoms with van der Waals surface area (Å²) in [5.41, 5.74) is 1.37. The fourth-order valence-electron chi connectivity index (χ4n) is 3.80. The van der Waals surface area contributed by atoms with Crippen LogP contribution in [0, 0.1) is 12.3 Å². The summed E-state index contributed by atoms with van der Waals surface area (Å²) in [6.07, 6.45) is 7.09. The zero-order valence-electron chi connectivity index (χ0n) is 13.9. The minimum absolute atomic E-state index is 0.200. The van der Waals surface area contributed by atoms with Gasteiger partial charge >= 0.3 is 0 Å². The van der Waals surface area contributed by atoms with Crippen LogP contribution in [-0.2, 0) is 0 Å². The number of aryl methyl sites for hydroxylation is 1. The molecule has 0 saturated carbocycles. The lowest BCUT2D eigenvalue weighted by molar-refractivity contribution is 0.0769. The van der Waals surface area contributed by atoms with Crippen LogP contribution in [-0.4, -0.2) is 47.0 Å². The van der Waals surface area contributed by atoms with Crippen molar-refractivity contribution in [2.75, 3.05) is 31.1 Å². The number of hydrogen-bond acceptors (Lipinski definition) is 5. The standard InChI is InChI=1S/C18H22N4OS/c1-14-11-19-17(20-12-14)21-7-4-18(5-8-21)6-9-22(13-18)16(23)15-3-2-10-24-15/h2-3,10-12H,4-9,13H2,1H3. The van der Waals surface area contributed by atoms with Gasteiger partial charge in [-0.2, -0.15) is 0 Å². The van der Waals surface area contributed by atoms with Gasteiger partial charge in [0.2, 0.25) is 5.95 Å². The summed E-state index contributed by atoms with van der Waals surface area (Å²) in [5.74, 6) is 1.03. The van der Waals surface area contributed by atoms with E-state index in [1.54, 1.807) is 0 Å². The highest BCUT2D eigenvalue weighted by Gasteiger charge is 2.42. The van der Waals surface area contributed by atoms with Crippen molar-refractivity contribution < 1.29 is 4.79 Å². The van der Waals surface area contributed by atoms with E-state index in [1.807, 2.05) is 41.7 Å². The minimum Gasteiger partial charge on any atom is -0.341 e. The number of amides is 1. The van der Waals surface area contributed by atoms with Crippen molar-refractivity contribution >= 4 is 23.2 Å². The summed E-state index contributed by atoms with van der Waals surface area (Å²) in [6.45, 7) is 5.74. The molecular formula is C18H22N4OS. The maximum atomic E-state index is 12.6. The lowest BCUT2D eigenvalue weighted by Crippen LogP contribution is -2.42. The van der Waals surface area contributed by atoms with E-state index in [0.717, 1.165) is 61.8 Å². The predicted molar refractivity (Wildman–Crippen MR) is 95.5 cm³/mol. The van der Waals surface area contributed by atoms with Gasteiger partial charge in [0.05, 0.1) is 4.88 Å². The minimum atomic E-state index is 0.200. The number of piperidine rings is 1. The molecule has 1 spiro atoms. The van der Waals surface area contributed by atoms with Gasteiger partial charge in [-0.05, 0) is 48.6 Å². The molecule has 0 bridgehead atoms. The van der Waals surface area contributed by atoms with Crippen molar-refractivity contribution in [3.63, 3.8) is 0 Å². The molecule has 126 valence electrons. The first-order valence-electron chi connectivity index (χ1n) is 8.52. The van der Waals surface area contributed by atoms with Gasteiger partial charge < -0.3 is 9.80 Å². The molecule has 6 heteroatoms. The Kier molecular flexibility index (Phi) is 4.00. The number of carbonyl (C=O) groups excluding carboxylic acids is 1. The molecule has 5 nitrogen and oxygen atoms in total. The van der Waals surface area contributed by atoms with E-state index in [-0.39, 0.29) is 11.3 Å². The van der Waals surface area contributed by atoms with E-state index in [1.165, 1.54) is 11.3 Å². The Bertz CT molecular complexity index is 705. The topological polar surface area (TPSA) is 49.3 Å². The van der Waals surface area contributed by atoms with Crippen LogP contribution < -0.4 is 4.90 Å². The van der Waals surface area contributed by atoms with E-state index in [4.69, 9.17) is 0 Å². The zero-order chi connectivity index (χ0) is 16.6. The Balaban J connectivity index is 1.39. The average molecular weight is 342 g/mol. The highest BCUT2D eigenvalue weighted by molar-refractivity contribution is 7.12. The van der Waals surface area contributed by atoms with Crippen LogP contribution in [0.3, 0.4) is 0 Å². The Morgan fingerprint density at radius 2 is 1.88 bits per heavy atom. The van der Waals surface area contributed by atoms with Crippen LogP contribution in [0.25, 0.3) is 0 Å². The molecule has 2 aromatic heterocycles. The number of anilines is 1. The third kappa shape index (κ3) is 2.90. The summed E-state index contributed by atoms with van der Waals surface area (Å²) in [4.78, 5) is 26.6. The van der Waals surface area contributed by atoms with Crippen LogP contribution in [0.5, 0.6) is 0 Å². The van der Waals surface area contributed by atoms with Gasteiger partial charge in [0.25, 0.3) is 5.91 Å². The molecule has 2 saturated heterocycles. The summed E-state index contributed by atoms with van der Waals surface area (Å²) in [6, 6.07) is 3.87. The van der Waals surface area contributed by atoms with Crippen molar-refractivity contribution in [3.8, 4) is 0 Å². The van der Waals surface area contributed by atoms with Crippen LogP contribution >= 0.6 is 11.3 Å². The fraction of sp³-hybridized carbons (Fsp3) is 0.500. The number of carbonyl (C=O) groups is 1. The molecular weight excluding hydrogens is 320 g/mol. The third-order valence-corrected chi connectivity index (χ3v) is 6.19. The normalized spacial score (nSPS) is 19.9. The molecule has 0 aliphatic carbocycles. The SMILES string of the molecule is Cc1cnc(N2CCC3(CCN(C(=O)c4cccs4)C3)CC2)nc1. The molecule has 0 unspecified atom stereocenters. The quantitative estimate of drug-likeness (QED) is 0.842. The number of nitrogens with zero attached hydrogens (tertiary/aromatic N) is 4. The van der Waals surface area contributed by atoms with E-state index >= 15 is 0 Å². The van der Waals surface area contributed by atoms with Crippen molar-refractivity contribution in [1.29, 1.82) is 0 Å². The summed E-state index contributed by atoms with van der Waals surface area (Å²) in [7, 11) is 0. The third-order valence-electron chi connectivity index (χ3n) is 5.33. The molecule has 4 heterocycles. The van der Waals surface area contributed by atoms with Gasteiger partial charge in [-0.3, -0.25) is 4.79 Å². The summed E-state index contributed by atoms with van der Waals surface area (Å²) >= 11 is 1.54. The van der Waals surface area contributed by atoms with E-state index < -0.39 is 0 Å². The zero-order valence-corrected chi connectivity index (χ0v) is 14.8. The largest absolute Gasteiger partial charge is 0.341 e. The van der Waals surface area contributed by atoms with Gasteiger partial charge in [-0.25, -0.2) is 9.97 Å². The molecule has 4 rings (SSSR count). The number of aromatic nitrogens is 2. The smallest absolute Gasteiger partial charge is 0.263 e. The van der Waals surface area contributed by atoms with Crippen molar-refractivity contribution in [1.82, 2.24) is 14.9 Å². The molecule has 0 aromatic carbocycles. The maximum absolute atomic E-state index is 12.6. The second-order valence-corrected chi connectivity index (χ2v) is 7.95. The summed E-state index contributed by atoms with van der Waals surface area (Å²) < 4.78 is 0. The molecule has 2 fully saturated rings. The highest BCUT2D eigenvalue weighted by Crippen LogP contribution is 2.41. The number of thiophene rings is 1.